The number of nitrogens with zero attached hydrogens (tertiary/aromatic N) is 3. The van der Waals surface area contributed by atoms with Crippen LogP contribution in [0.4, 0.5) is 49.6 Å². The standard InChI is InChI=1S/C34H29ClF6N8O7.CH4/c35-20-8-6-19(7-9-20)32(13-14-32)49-30-46-29(47-31(48-30)55-17-33(36,37)38)44-21-10-4-18(5-11-21)25(50)45-24(28(53)54)12-15-42-26(51)27(52)43-22-2-1-3-23(16-22)56-34(39,40)41;/h1-11,16,24H,12-15,17H2,(H,42,51)(H,43,52)(H,45,50)(H,53,54)(H2,44,46,47,48,49);1H4/t24-;/m0./s1. The van der Waals surface area contributed by atoms with Gasteiger partial charge in [0.05, 0.1) is 5.54 Å². The lowest BCUT2D eigenvalue weighted by Crippen LogP contribution is -2.44. The van der Waals surface area contributed by atoms with Gasteiger partial charge in [-0.3, -0.25) is 14.4 Å². The van der Waals surface area contributed by atoms with Crippen LogP contribution >= 0.6 is 11.6 Å². The number of aliphatic carboxylic acids is 1. The number of hydrogen-bond donors (Lipinski definition) is 6. The summed E-state index contributed by atoms with van der Waals surface area (Å²) in [5.41, 5.74) is 0.340. The van der Waals surface area contributed by atoms with Gasteiger partial charge in [-0.1, -0.05) is 37.2 Å². The number of halogens is 7. The van der Waals surface area contributed by atoms with E-state index in [4.69, 9.17) is 16.3 Å². The first-order valence-electron chi connectivity index (χ1n) is 16.2. The van der Waals surface area contributed by atoms with Gasteiger partial charge in [0.2, 0.25) is 11.9 Å². The number of nitrogens with one attached hydrogen (secondary N) is 5. The predicted octanol–water partition coefficient (Wildman–Crippen LogP) is 6.17. The Morgan fingerprint density at radius 1 is 0.860 bits per heavy atom. The number of anilines is 4. The highest BCUT2D eigenvalue weighted by atomic mass is 35.5. The van der Waals surface area contributed by atoms with Crippen molar-refractivity contribution < 1.29 is 60.1 Å². The fraction of sp³-hybridized carbons (Fsp3) is 0.286. The van der Waals surface area contributed by atoms with Crippen molar-refractivity contribution in [2.45, 2.75) is 50.8 Å². The number of aromatic nitrogens is 3. The molecule has 1 atom stereocenters. The fourth-order valence-corrected chi connectivity index (χ4v) is 5.10. The van der Waals surface area contributed by atoms with Crippen LogP contribution in [-0.4, -0.2) is 75.5 Å². The first-order valence-corrected chi connectivity index (χ1v) is 16.6. The fourth-order valence-electron chi connectivity index (χ4n) is 4.98. The molecule has 4 aromatic rings. The van der Waals surface area contributed by atoms with Crippen molar-refractivity contribution in [1.82, 2.24) is 25.6 Å². The van der Waals surface area contributed by atoms with E-state index in [1.54, 1.807) is 24.3 Å². The second kappa shape index (κ2) is 18.0. The van der Waals surface area contributed by atoms with E-state index in [9.17, 15) is 50.6 Å². The monoisotopic (exact) mass is 826 g/mol. The van der Waals surface area contributed by atoms with Gasteiger partial charge >= 0.3 is 36.3 Å². The molecule has 22 heteroatoms. The summed E-state index contributed by atoms with van der Waals surface area (Å²) >= 11 is 6.00. The van der Waals surface area contributed by atoms with E-state index in [0.717, 1.165) is 23.8 Å². The largest absolute Gasteiger partial charge is 0.573 e. The first kappa shape index (κ1) is 43.3. The van der Waals surface area contributed by atoms with Gasteiger partial charge in [-0.15, -0.1) is 13.2 Å². The summed E-state index contributed by atoms with van der Waals surface area (Å²) in [4.78, 5) is 61.3. The zero-order valence-corrected chi connectivity index (χ0v) is 29.2. The van der Waals surface area contributed by atoms with E-state index in [1.807, 2.05) is 0 Å². The number of carbonyl (C=O) groups is 4. The number of carboxylic acid groups (broad SMARTS) is 1. The van der Waals surface area contributed by atoms with E-state index in [0.29, 0.717) is 17.9 Å². The maximum absolute atomic E-state index is 12.9. The van der Waals surface area contributed by atoms with Gasteiger partial charge in [0.1, 0.15) is 11.8 Å². The van der Waals surface area contributed by atoms with Crippen LogP contribution in [0.2, 0.25) is 5.02 Å². The highest BCUT2D eigenvalue weighted by Gasteiger charge is 2.45. The molecule has 1 saturated carbocycles. The van der Waals surface area contributed by atoms with Crippen LogP contribution in [0.5, 0.6) is 11.8 Å². The molecule has 5 rings (SSSR count). The normalized spacial score (nSPS) is 13.5. The quantitative estimate of drug-likeness (QED) is 0.0588. The molecule has 0 aliphatic heterocycles. The molecule has 304 valence electrons. The third kappa shape index (κ3) is 13.1. The average Bonchev–Trinajstić information content (AvgIpc) is 3.90. The molecule has 3 amide bonds. The lowest BCUT2D eigenvalue weighted by atomic mass is 10.1. The van der Waals surface area contributed by atoms with Crippen molar-refractivity contribution in [3.8, 4) is 11.8 Å². The van der Waals surface area contributed by atoms with E-state index in [2.05, 4.69) is 46.3 Å². The summed E-state index contributed by atoms with van der Waals surface area (Å²) in [6.07, 6.45) is -8.69. The molecule has 1 heterocycles. The number of carbonyl (C=O) groups excluding carboxylic acids is 3. The summed E-state index contributed by atoms with van der Waals surface area (Å²) in [5, 5.41) is 22.6. The zero-order chi connectivity index (χ0) is 40.7. The highest BCUT2D eigenvalue weighted by Crippen LogP contribution is 2.48. The number of benzene rings is 3. The third-order valence-electron chi connectivity index (χ3n) is 7.73. The summed E-state index contributed by atoms with van der Waals surface area (Å²) in [6, 6.07) is 14.4. The third-order valence-corrected chi connectivity index (χ3v) is 7.99. The second-order valence-corrected chi connectivity index (χ2v) is 12.5. The van der Waals surface area contributed by atoms with Crippen LogP contribution in [0, 0.1) is 0 Å². The van der Waals surface area contributed by atoms with E-state index >= 15 is 0 Å². The van der Waals surface area contributed by atoms with Crippen LogP contribution in [-0.2, 0) is 19.9 Å². The molecule has 0 unspecified atom stereocenters. The molecule has 0 spiro atoms. The first-order chi connectivity index (χ1) is 26.4. The van der Waals surface area contributed by atoms with E-state index in [1.165, 1.54) is 30.3 Å². The minimum absolute atomic E-state index is 0. The molecule has 1 aliphatic rings. The van der Waals surface area contributed by atoms with Crippen LogP contribution < -0.4 is 36.1 Å². The molecule has 0 saturated heterocycles. The smallest absolute Gasteiger partial charge is 0.480 e. The van der Waals surface area contributed by atoms with Gasteiger partial charge in [-0.05, 0) is 73.4 Å². The minimum Gasteiger partial charge on any atom is -0.480 e. The van der Waals surface area contributed by atoms with Crippen molar-refractivity contribution in [2.24, 2.45) is 0 Å². The van der Waals surface area contributed by atoms with Crippen molar-refractivity contribution >= 4 is 58.6 Å². The predicted molar refractivity (Wildman–Crippen MR) is 192 cm³/mol. The van der Waals surface area contributed by atoms with Gasteiger partial charge in [-0.25, -0.2) is 4.79 Å². The number of rotatable bonds is 15. The molecular formula is C35H33ClF6N8O7. The number of carboxylic acids is 1. The van der Waals surface area contributed by atoms with Crippen LogP contribution in [0.1, 0.15) is 42.6 Å². The van der Waals surface area contributed by atoms with Gasteiger partial charge in [-0.2, -0.15) is 28.1 Å². The molecule has 6 N–H and O–H groups in total. The van der Waals surface area contributed by atoms with Gasteiger partial charge in [0, 0.05) is 34.6 Å². The number of ether oxygens (including phenoxy) is 2. The molecule has 15 nitrogen and oxygen atoms in total. The molecule has 3 aromatic carbocycles. The molecule has 57 heavy (non-hydrogen) atoms. The lowest BCUT2D eigenvalue weighted by Gasteiger charge is -2.19. The average molecular weight is 827 g/mol. The molecular weight excluding hydrogens is 794 g/mol. The lowest BCUT2D eigenvalue weighted by molar-refractivity contribution is -0.274. The van der Waals surface area contributed by atoms with Crippen molar-refractivity contribution in [2.75, 3.05) is 29.1 Å². The maximum Gasteiger partial charge on any atom is 0.573 e. The Morgan fingerprint density at radius 2 is 1.53 bits per heavy atom. The zero-order valence-electron chi connectivity index (χ0n) is 28.4. The van der Waals surface area contributed by atoms with Crippen LogP contribution in [0.15, 0.2) is 72.8 Å². The van der Waals surface area contributed by atoms with Crippen LogP contribution in [0.3, 0.4) is 0 Å². The van der Waals surface area contributed by atoms with Crippen LogP contribution in [0.25, 0.3) is 0 Å². The summed E-state index contributed by atoms with van der Waals surface area (Å²) in [5.74, 6) is -5.73. The summed E-state index contributed by atoms with van der Waals surface area (Å²) in [6.45, 7) is -2.06. The van der Waals surface area contributed by atoms with Crippen molar-refractivity contribution in [3.63, 3.8) is 0 Å². The Morgan fingerprint density at radius 3 is 2.14 bits per heavy atom. The Kier molecular flexibility index (Phi) is 13.7. The van der Waals surface area contributed by atoms with Crippen molar-refractivity contribution in [1.29, 1.82) is 0 Å². The molecule has 0 radical (unpaired) electrons. The Bertz CT molecular complexity index is 2070. The second-order valence-electron chi connectivity index (χ2n) is 12.0. The summed E-state index contributed by atoms with van der Waals surface area (Å²) in [7, 11) is 0. The van der Waals surface area contributed by atoms with Gasteiger partial charge < -0.3 is 41.2 Å². The Hall–Kier alpha value is -6.38. The molecule has 1 aliphatic carbocycles. The Labute approximate surface area is 324 Å². The number of amides is 3. The number of hydrogen-bond acceptors (Lipinski definition) is 11. The molecule has 1 aromatic heterocycles. The van der Waals surface area contributed by atoms with E-state index < -0.39 is 72.7 Å². The highest BCUT2D eigenvalue weighted by molar-refractivity contribution is 6.39. The topological polar surface area (TPSA) is 206 Å². The minimum atomic E-state index is -4.98. The van der Waals surface area contributed by atoms with E-state index in [-0.39, 0.29) is 42.7 Å². The Balaban J connectivity index is 0.00000720. The molecule has 1 fully saturated rings. The maximum atomic E-state index is 12.9. The van der Waals surface area contributed by atoms with Crippen molar-refractivity contribution in [3.05, 3.63) is 88.9 Å². The SMILES string of the molecule is C.O=C(NCC[C@H](NC(=O)c1ccc(Nc2nc(NC3(c4ccc(Cl)cc4)CC3)nc(OCC(F)(F)F)n2)cc1)C(=O)O)C(=O)Nc1cccc(OC(F)(F)F)c1. The molecule has 0 bridgehead atoms. The van der Waals surface area contributed by atoms with Gasteiger partial charge in [0.25, 0.3) is 5.91 Å². The summed E-state index contributed by atoms with van der Waals surface area (Å²) < 4.78 is 84.7. The number of alkyl halides is 6. The van der Waals surface area contributed by atoms with Gasteiger partial charge in [0.15, 0.2) is 6.61 Å².